The quantitative estimate of drug-likeness (QED) is 0.779. The molecule has 0 aliphatic heterocycles. The van der Waals surface area contributed by atoms with Crippen molar-refractivity contribution < 1.29 is 9.90 Å². The summed E-state index contributed by atoms with van der Waals surface area (Å²) in [5.41, 5.74) is 0. The van der Waals surface area contributed by atoms with E-state index in [2.05, 4.69) is 21.2 Å². The molecule has 0 heterocycles. The van der Waals surface area contributed by atoms with Gasteiger partial charge in [0.1, 0.15) is 0 Å². The first-order chi connectivity index (χ1) is 7.52. The van der Waals surface area contributed by atoms with Crippen LogP contribution in [-0.2, 0) is 4.79 Å². The van der Waals surface area contributed by atoms with Crippen LogP contribution in [0.3, 0.4) is 0 Å². The molecule has 16 heavy (non-hydrogen) atoms. The van der Waals surface area contributed by atoms with Crippen LogP contribution in [0.5, 0.6) is 0 Å². The SMILES string of the molecule is CC(C)C(Br)C(=O)NCC1CCCCC1O. The fourth-order valence-corrected chi connectivity index (χ4v) is 2.22. The number of amides is 1. The molecule has 0 saturated heterocycles. The van der Waals surface area contributed by atoms with E-state index in [1.54, 1.807) is 0 Å². The minimum absolute atomic E-state index is 0.0350. The monoisotopic (exact) mass is 291 g/mol. The van der Waals surface area contributed by atoms with Crippen LogP contribution in [0.25, 0.3) is 0 Å². The Bertz CT molecular complexity index is 233. The molecule has 1 saturated carbocycles. The molecule has 1 aliphatic rings. The number of aliphatic hydroxyl groups excluding tert-OH is 1. The second-order valence-electron chi connectivity index (χ2n) is 5.00. The fraction of sp³-hybridized carbons (Fsp3) is 0.917. The molecule has 1 aliphatic carbocycles. The zero-order chi connectivity index (χ0) is 12.1. The van der Waals surface area contributed by atoms with Gasteiger partial charge in [-0.3, -0.25) is 4.79 Å². The second-order valence-corrected chi connectivity index (χ2v) is 5.99. The molecule has 94 valence electrons. The van der Waals surface area contributed by atoms with Crippen molar-refractivity contribution in [3.05, 3.63) is 0 Å². The summed E-state index contributed by atoms with van der Waals surface area (Å²) in [6, 6.07) is 0. The van der Waals surface area contributed by atoms with Crippen molar-refractivity contribution in [3.8, 4) is 0 Å². The lowest BCUT2D eigenvalue weighted by Crippen LogP contribution is -2.40. The molecule has 0 aromatic carbocycles. The number of carbonyl (C=O) groups is 1. The van der Waals surface area contributed by atoms with E-state index in [0.717, 1.165) is 19.3 Å². The molecule has 1 fully saturated rings. The van der Waals surface area contributed by atoms with Crippen molar-refractivity contribution in [3.63, 3.8) is 0 Å². The minimum atomic E-state index is -0.234. The van der Waals surface area contributed by atoms with Gasteiger partial charge in [0.15, 0.2) is 0 Å². The van der Waals surface area contributed by atoms with E-state index >= 15 is 0 Å². The third kappa shape index (κ3) is 4.06. The minimum Gasteiger partial charge on any atom is -0.393 e. The normalized spacial score (nSPS) is 27.8. The molecule has 0 bridgehead atoms. The summed E-state index contributed by atoms with van der Waals surface area (Å²) < 4.78 is 0. The first-order valence-corrected chi connectivity index (χ1v) is 7.03. The molecule has 0 aromatic heterocycles. The Kier molecular flexibility index (Phi) is 5.76. The van der Waals surface area contributed by atoms with Gasteiger partial charge in [-0.15, -0.1) is 0 Å². The van der Waals surface area contributed by atoms with Gasteiger partial charge in [0.25, 0.3) is 0 Å². The molecule has 3 unspecified atom stereocenters. The molecule has 0 spiro atoms. The maximum absolute atomic E-state index is 11.7. The van der Waals surface area contributed by atoms with Gasteiger partial charge in [-0.2, -0.15) is 0 Å². The molecule has 3 atom stereocenters. The third-order valence-corrected chi connectivity index (χ3v) is 4.72. The van der Waals surface area contributed by atoms with E-state index in [9.17, 15) is 9.90 Å². The predicted molar refractivity (Wildman–Crippen MR) is 68.5 cm³/mol. The van der Waals surface area contributed by atoms with Gasteiger partial charge in [0.05, 0.1) is 10.9 Å². The van der Waals surface area contributed by atoms with Crippen molar-refractivity contribution in [2.45, 2.75) is 50.5 Å². The number of rotatable bonds is 4. The molecule has 2 N–H and O–H groups in total. The van der Waals surface area contributed by atoms with Crippen molar-refractivity contribution in [2.75, 3.05) is 6.54 Å². The van der Waals surface area contributed by atoms with Crippen LogP contribution in [0.15, 0.2) is 0 Å². The van der Waals surface area contributed by atoms with Crippen molar-refractivity contribution in [2.24, 2.45) is 11.8 Å². The van der Waals surface area contributed by atoms with Crippen molar-refractivity contribution in [1.82, 2.24) is 5.32 Å². The van der Waals surface area contributed by atoms with Gasteiger partial charge in [0, 0.05) is 12.5 Å². The first-order valence-electron chi connectivity index (χ1n) is 6.12. The summed E-state index contributed by atoms with van der Waals surface area (Å²) in [4.78, 5) is 11.6. The van der Waals surface area contributed by atoms with Crippen LogP contribution in [-0.4, -0.2) is 28.5 Å². The Morgan fingerprint density at radius 2 is 2.06 bits per heavy atom. The van der Waals surface area contributed by atoms with Crippen LogP contribution in [0.1, 0.15) is 39.5 Å². The summed E-state index contributed by atoms with van der Waals surface area (Å²) in [7, 11) is 0. The standard InChI is InChI=1S/C12H22BrNO2/c1-8(2)11(13)12(16)14-7-9-5-3-4-6-10(9)15/h8-11,15H,3-7H2,1-2H3,(H,14,16). The number of nitrogens with one attached hydrogen (secondary N) is 1. The molecular weight excluding hydrogens is 270 g/mol. The lowest BCUT2D eigenvalue weighted by molar-refractivity contribution is -0.121. The lowest BCUT2D eigenvalue weighted by Gasteiger charge is -2.28. The van der Waals surface area contributed by atoms with Gasteiger partial charge in [0.2, 0.25) is 5.91 Å². The Morgan fingerprint density at radius 1 is 1.44 bits per heavy atom. The van der Waals surface area contributed by atoms with Gasteiger partial charge in [-0.1, -0.05) is 42.6 Å². The third-order valence-electron chi connectivity index (χ3n) is 3.24. The van der Waals surface area contributed by atoms with Crippen LogP contribution in [0.4, 0.5) is 0 Å². The summed E-state index contributed by atoms with van der Waals surface area (Å²) in [6.07, 6.45) is 3.94. The largest absolute Gasteiger partial charge is 0.393 e. The topological polar surface area (TPSA) is 49.3 Å². The highest BCUT2D eigenvalue weighted by Crippen LogP contribution is 2.23. The number of hydrogen-bond acceptors (Lipinski definition) is 2. The second kappa shape index (κ2) is 6.60. The van der Waals surface area contributed by atoms with Crippen molar-refractivity contribution >= 4 is 21.8 Å². The molecular formula is C12H22BrNO2. The Labute approximate surface area is 106 Å². The number of aliphatic hydroxyl groups is 1. The smallest absolute Gasteiger partial charge is 0.234 e. The average molecular weight is 292 g/mol. The Hall–Kier alpha value is -0.0900. The van der Waals surface area contributed by atoms with Gasteiger partial charge < -0.3 is 10.4 Å². The summed E-state index contributed by atoms with van der Waals surface area (Å²) in [6.45, 7) is 4.62. The molecule has 3 nitrogen and oxygen atoms in total. The number of hydrogen-bond donors (Lipinski definition) is 2. The number of halogens is 1. The molecule has 4 heteroatoms. The van der Waals surface area contributed by atoms with Crippen molar-refractivity contribution in [1.29, 1.82) is 0 Å². The highest BCUT2D eigenvalue weighted by atomic mass is 79.9. The number of alkyl halides is 1. The predicted octanol–water partition coefficient (Wildman–Crippen LogP) is 2.07. The zero-order valence-electron chi connectivity index (χ0n) is 10.1. The lowest BCUT2D eigenvalue weighted by atomic mass is 9.86. The van der Waals surface area contributed by atoms with Gasteiger partial charge in [-0.25, -0.2) is 0 Å². The average Bonchev–Trinajstić information content (AvgIpc) is 2.26. The van der Waals surface area contributed by atoms with Crippen LogP contribution in [0, 0.1) is 11.8 Å². The van der Waals surface area contributed by atoms with E-state index in [4.69, 9.17) is 0 Å². The maximum Gasteiger partial charge on any atom is 0.234 e. The Morgan fingerprint density at radius 3 is 2.62 bits per heavy atom. The fourth-order valence-electron chi connectivity index (χ4n) is 2.06. The Balaban J connectivity index is 2.30. The van der Waals surface area contributed by atoms with E-state index in [1.165, 1.54) is 6.42 Å². The number of carbonyl (C=O) groups excluding carboxylic acids is 1. The van der Waals surface area contributed by atoms with Crippen LogP contribution in [0.2, 0.25) is 0 Å². The maximum atomic E-state index is 11.7. The zero-order valence-corrected chi connectivity index (χ0v) is 11.7. The molecule has 0 radical (unpaired) electrons. The molecule has 1 amide bonds. The van der Waals surface area contributed by atoms with Gasteiger partial charge in [-0.05, 0) is 18.8 Å². The van der Waals surface area contributed by atoms with Gasteiger partial charge >= 0.3 is 0 Å². The molecule has 0 aromatic rings. The van der Waals surface area contributed by atoms with Crippen LogP contribution < -0.4 is 5.32 Å². The summed E-state index contributed by atoms with van der Waals surface area (Å²) >= 11 is 3.37. The van der Waals surface area contributed by atoms with E-state index in [1.807, 2.05) is 13.8 Å². The van der Waals surface area contributed by atoms with E-state index in [0.29, 0.717) is 6.54 Å². The van der Waals surface area contributed by atoms with E-state index in [-0.39, 0.29) is 28.7 Å². The van der Waals surface area contributed by atoms with Crippen LogP contribution >= 0.6 is 15.9 Å². The summed E-state index contributed by atoms with van der Waals surface area (Å²) in [5.74, 6) is 0.564. The highest BCUT2D eigenvalue weighted by molar-refractivity contribution is 9.10. The first kappa shape index (κ1) is 14.0. The van der Waals surface area contributed by atoms with E-state index < -0.39 is 0 Å². The highest BCUT2D eigenvalue weighted by Gasteiger charge is 2.25. The summed E-state index contributed by atoms with van der Waals surface area (Å²) in [5, 5.41) is 12.7. The molecule has 1 rings (SSSR count).